The summed E-state index contributed by atoms with van der Waals surface area (Å²) in [5.74, 6) is -4.03. The summed E-state index contributed by atoms with van der Waals surface area (Å²) in [6.45, 7) is 11.8. The summed E-state index contributed by atoms with van der Waals surface area (Å²) < 4.78 is 34.1. The smallest absolute Gasteiger partial charge is 0.410 e. The first-order chi connectivity index (χ1) is 19.3. The highest BCUT2D eigenvalue weighted by atomic mass is 19.1. The molecule has 0 radical (unpaired) electrons. The molecule has 0 unspecified atom stereocenters. The maximum atomic E-state index is 14.4. The molecular formula is C30H39F2N5O5. The molecule has 2 aromatic rings. The number of benzene rings is 2. The van der Waals surface area contributed by atoms with E-state index in [1.807, 2.05) is 0 Å². The first kappa shape index (κ1) is 32.3. The molecule has 10 nitrogen and oxygen atoms in total. The van der Waals surface area contributed by atoms with Gasteiger partial charge in [0.15, 0.2) is 0 Å². The minimum Gasteiger partial charge on any atom is -0.444 e. The van der Waals surface area contributed by atoms with Crippen molar-refractivity contribution in [1.82, 2.24) is 15.1 Å². The SMILES string of the molecule is C[C@@H](C(=O)N[C@H](C(=O)N1Cc2ccc(N)cc2[C@H]1C(=O)Nc1c(F)cccc1F)C(C)(C)C)N(C)C(=O)OC(C)(C)C. The monoisotopic (exact) mass is 587 g/mol. The van der Waals surface area contributed by atoms with Crippen molar-refractivity contribution in [1.29, 1.82) is 0 Å². The van der Waals surface area contributed by atoms with Crippen molar-refractivity contribution < 1.29 is 32.7 Å². The molecule has 4 N–H and O–H groups in total. The van der Waals surface area contributed by atoms with E-state index in [1.165, 1.54) is 31.0 Å². The van der Waals surface area contributed by atoms with Crippen LogP contribution in [-0.2, 0) is 25.7 Å². The number of anilines is 2. The van der Waals surface area contributed by atoms with Gasteiger partial charge in [0.2, 0.25) is 11.8 Å². The van der Waals surface area contributed by atoms with Gasteiger partial charge in [0.05, 0.1) is 0 Å². The lowest BCUT2D eigenvalue weighted by Crippen LogP contribution is -2.58. The van der Waals surface area contributed by atoms with Crippen LogP contribution in [0.15, 0.2) is 36.4 Å². The van der Waals surface area contributed by atoms with Crippen molar-refractivity contribution in [3.05, 3.63) is 59.2 Å². The average Bonchev–Trinajstić information content (AvgIpc) is 3.25. The Morgan fingerprint density at radius 1 is 1.05 bits per heavy atom. The molecule has 0 bridgehead atoms. The Bertz CT molecular complexity index is 1360. The fraction of sp³-hybridized carbons (Fsp3) is 0.467. The van der Waals surface area contributed by atoms with Crippen LogP contribution in [0, 0.1) is 17.0 Å². The molecule has 3 atom stereocenters. The Balaban J connectivity index is 1.93. The number of hydrogen-bond donors (Lipinski definition) is 3. The fourth-order valence-corrected chi connectivity index (χ4v) is 4.50. The lowest BCUT2D eigenvalue weighted by molar-refractivity contribution is -0.145. The molecule has 1 heterocycles. The van der Waals surface area contributed by atoms with Crippen molar-refractivity contribution in [3.8, 4) is 0 Å². The van der Waals surface area contributed by atoms with E-state index in [9.17, 15) is 28.0 Å². The quantitative estimate of drug-likeness (QED) is 0.430. The standard InChI is InChI=1S/C30H39F2N5O5/c1-16(36(8)28(41)42-30(5,6)7)25(38)35-24(29(2,3)4)27(40)37-15-17-12-13-18(33)14-19(17)23(37)26(39)34-22-20(31)10-9-11-21(22)32/h9-14,16,23-24H,15,33H2,1-8H3,(H,34,39)(H,35,38)/t16-,23-,24+/m0/s1. The van der Waals surface area contributed by atoms with E-state index in [4.69, 9.17) is 10.5 Å². The Morgan fingerprint density at radius 3 is 2.19 bits per heavy atom. The van der Waals surface area contributed by atoms with Crippen molar-refractivity contribution in [3.63, 3.8) is 0 Å². The van der Waals surface area contributed by atoms with E-state index in [0.29, 0.717) is 16.8 Å². The number of nitrogens with one attached hydrogen (secondary N) is 2. The molecule has 0 spiro atoms. The summed E-state index contributed by atoms with van der Waals surface area (Å²) in [6.07, 6.45) is -0.714. The second-order valence-corrected chi connectivity index (χ2v) is 12.5. The maximum Gasteiger partial charge on any atom is 0.410 e. The number of amides is 4. The van der Waals surface area contributed by atoms with Crippen molar-refractivity contribution >= 4 is 35.2 Å². The molecule has 1 aliphatic rings. The highest BCUT2D eigenvalue weighted by Gasteiger charge is 2.45. The Labute approximate surface area is 244 Å². The zero-order valence-electron chi connectivity index (χ0n) is 25.2. The third-order valence-corrected chi connectivity index (χ3v) is 6.90. The second-order valence-electron chi connectivity index (χ2n) is 12.5. The Kier molecular flexibility index (Phi) is 9.19. The highest BCUT2D eigenvalue weighted by Crippen LogP contribution is 2.38. The maximum absolute atomic E-state index is 14.4. The van der Waals surface area contributed by atoms with Crippen LogP contribution in [0.5, 0.6) is 0 Å². The fourth-order valence-electron chi connectivity index (χ4n) is 4.50. The van der Waals surface area contributed by atoms with Crippen LogP contribution in [-0.4, -0.2) is 58.3 Å². The number of likely N-dealkylation sites (N-methyl/N-ethyl adjacent to an activating group) is 1. The molecule has 4 amide bonds. The lowest BCUT2D eigenvalue weighted by Gasteiger charge is -2.36. The van der Waals surface area contributed by atoms with E-state index in [1.54, 1.807) is 53.7 Å². The van der Waals surface area contributed by atoms with Gasteiger partial charge in [-0.2, -0.15) is 0 Å². The number of fused-ring (bicyclic) bond motifs is 1. The molecule has 0 fully saturated rings. The van der Waals surface area contributed by atoms with E-state index in [0.717, 1.165) is 17.0 Å². The van der Waals surface area contributed by atoms with Gasteiger partial charge in [0, 0.05) is 19.3 Å². The van der Waals surface area contributed by atoms with Gasteiger partial charge in [0.25, 0.3) is 5.91 Å². The molecular weight excluding hydrogens is 548 g/mol. The average molecular weight is 588 g/mol. The van der Waals surface area contributed by atoms with Gasteiger partial charge >= 0.3 is 6.09 Å². The summed E-state index contributed by atoms with van der Waals surface area (Å²) in [7, 11) is 1.41. The van der Waals surface area contributed by atoms with Gasteiger partial charge < -0.3 is 26.0 Å². The van der Waals surface area contributed by atoms with Crippen LogP contribution in [0.1, 0.15) is 65.6 Å². The zero-order chi connectivity index (χ0) is 31.7. The van der Waals surface area contributed by atoms with E-state index < -0.39 is 70.3 Å². The Morgan fingerprint density at radius 2 is 1.64 bits per heavy atom. The number of halogens is 2. The Hall–Kier alpha value is -4.22. The molecule has 1 aliphatic heterocycles. The summed E-state index contributed by atoms with van der Waals surface area (Å²) in [6, 6.07) is 4.56. The third kappa shape index (κ3) is 7.15. The molecule has 42 heavy (non-hydrogen) atoms. The first-order valence-electron chi connectivity index (χ1n) is 13.5. The molecule has 228 valence electrons. The molecule has 0 aliphatic carbocycles. The number of nitrogens with two attached hydrogens (primary N) is 1. The predicted molar refractivity (Wildman–Crippen MR) is 154 cm³/mol. The third-order valence-electron chi connectivity index (χ3n) is 6.90. The predicted octanol–water partition coefficient (Wildman–Crippen LogP) is 4.36. The number of carbonyl (C=O) groups is 4. The van der Waals surface area contributed by atoms with Crippen LogP contribution in [0.2, 0.25) is 0 Å². The molecule has 2 aromatic carbocycles. The number of nitrogen functional groups attached to an aromatic ring is 1. The highest BCUT2D eigenvalue weighted by molar-refractivity contribution is 6.00. The number of rotatable bonds is 6. The van der Waals surface area contributed by atoms with Gasteiger partial charge in [-0.05, 0) is 68.5 Å². The minimum absolute atomic E-state index is 0.0118. The first-order valence-corrected chi connectivity index (χ1v) is 13.5. The molecule has 0 aromatic heterocycles. The van der Waals surface area contributed by atoms with E-state index in [-0.39, 0.29) is 6.54 Å². The number of nitrogens with zero attached hydrogens (tertiary/aromatic N) is 2. The zero-order valence-corrected chi connectivity index (χ0v) is 25.2. The van der Waals surface area contributed by atoms with E-state index >= 15 is 0 Å². The van der Waals surface area contributed by atoms with Gasteiger partial charge in [0.1, 0.15) is 41.0 Å². The van der Waals surface area contributed by atoms with Gasteiger partial charge in [-0.1, -0.05) is 32.9 Å². The molecule has 3 rings (SSSR count). The van der Waals surface area contributed by atoms with Crippen LogP contribution in [0.4, 0.5) is 25.0 Å². The normalized spacial score (nSPS) is 16.2. The summed E-state index contributed by atoms with van der Waals surface area (Å²) in [4.78, 5) is 55.9. The van der Waals surface area contributed by atoms with Gasteiger partial charge in [-0.15, -0.1) is 0 Å². The van der Waals surface area contributed by atoms with Crippen LogP contribution >= 0.6 is 0 Å². The van der Waals surface area contributed by atoms with E-state index in [2.05, 4.69) is 10.6 Å². The minimum atomic E-state index is -1.29. The van der Waals surface area contributed by atoms with Crippen LogP contribution < -0.4 is 16.4 Å². The number of carbonyl (C=O) groups excluding carboxylic acids is 4. The van der Waals surface area contributed by atoms with Crippen molar-refractivity contribution in [2.24, 2.45) is 5.41 Å². The second kappa shape index (κ2) is 11.9. The van der Waals surface area contributed by atoms with Crippen LogP contribution in [0.3, 0.4) is 0 Å². The van der Waals surface area contributed by atoms with Gasteiger partial charge in [-0.3, -0.25) is 19.3 Å². The topological polar surface area (TPSA) is 134 Å². The number of para-hydroxylation sites is 1. The van der Waals surface area contributed by atoms with Crippen molar-refractivity contribution in [2.75, 3.05) is 18.1 Å². The van der Waals surface area contributed by atoms with Gasteiger partial charge in [-0.25, -0.2) is 13.6 Å². The number of hydrogen-bond acceptors (Lipinski definition) is 6. The largest absolute Gasteiger partial charge is 0.444 e. The van der Waals surface area contributed by atoms with Crippen molar-refractivity contribution in [2.45, 2.75) is 78.7 Å². The lowest BCUT2D eigenvalue weighted by atomic mass is 9.85. The molecule has 0 saturated carbocycles. The van der Waals surface area contributed by atoms with Crippen LogP contribution in [0.25, 0.3) is 0 Å². The molecule has 0 saturated heterocycles. The molecule has 12 heteroatoms. The number of ether oxygens (including phenoxy) is 1. The summed E-state index contributed by atoms with van der Waals surface area (Å²) >= 11 is 0. The summed E-state index contributed by atoms with van der Waals surface area (Å²) in [5.41, 5.74) is 5.06. The summed E-state index contributed by atoms with van der Waals surface area (Å²) in [5, 5.41) is 5.02.